The first-order valence-corrected chi connectivity index (χ1v) is 12.1. The molecule has 1 aromatic heterocycles. The van der Waals surface area contributed by atoms with E-state index in [2.05, 4.69) is 25.0 Å². The van der Waals surface area contributed by atoms with Gasteiger partial charge in [0.05, 0.1) is 30.2 Å². The van der Waals surface area contributed by atoms with Crippen molar-refractivity contribution in [1.82, 2.24) is 15.0 Å². The monoisotopic (exact) mass is 475 g/mol. The van der Waals surface area contributed by atoms with Crippen molar-refractivity contribution in [3.8, 4) is 0 Å². The molecule has 2 rings (SSSR count). The summed E-state index contributed by atoms with van der Waals surface area (Å²) in [5.74, 6) is -2.69. The molecule has 0 radical (unpaired) electrons. The van der Waals surface area contributed by atoms with Crippen LogP contribution in [0.1, 0.15) is 30.6 Å². The van der Waals surface area contributed by atoms with Gasteiger partial charge in [-0.1, -0.05) is 25.6 Å². The van der Waals surface area contributed by atoms with Crippen LogP contribution in [-0.2, 0) is 10.0 Å². The Balaban J connectivity index is 2.23. The maximum Gasteiger partial charge on any atom is 0.242 e. The van der Waals surface area contributed by atoms with Crippen LogP contribution in [0, 0.1) is 17.6 Å². The zero-order valence-corrected chi connectivity index (χ0v) is 18.7. The van der Waals surface area contributed by atoms with Crippen LogP contribution >= 0.6 is 11.8 Å². The molecule has 170 valence electrons. The fourth-order valence-electron chi connectivity index (χ4n) is 2.55. The van der Waals surface area contributed by atoms with Gasteiger partial charge < -0.3 is 10.4 Å². The third kappa shape index (κ3) is 8.34. The molecule has 31 heavy (non-hydrogen) atoms. The normalized spacial score (nSPS) is 12.6. The number of aromatic nitrogens is 3. The van der Waals surface area contributed by atoms with E-state index in [1.165, 1.54) is 0 Å². The van der Waals surface area contributed by atoms with Gasteiger partial charge in [-0.05, 0) is 24.5 Å². The minimum atomic E-state index is -3.69. The number of rotatable bonds is 11. The molecule has 0 unspecified atom stereocenters. The van der Waals surface area contributed by atoms with Crippen molar-refractivity contribution >= 4 is 39.5 Å². The van der Waals surface area contributed by atoms with E-state index in [-0.39, 0.29) is 46.9 Å². The average Bonchev–Trinajstić information content (AvgIpc) is 2.63. The second-order valence-corrected chi connectivity index (χ2v) is 9.82. The fraction of sp³-hybridized carbons (Fsp3) is 0.444. The van der Waals surface area contributed by atoms with Crippen molar-refractivity contribution in [2.24, 2.45) is 5.92 Å². The molecule has 0 spiro atoms. The Bertz CT molecular complexity index is 1040. The molecule has 0 saturated carbocycles. The third-order valence-corrected chi connectivity index (χ3v) is 5.17. The molecule has 1 atom stereocenters. The van der Waals surface area contributed by atoms with E-state index in [0.717, 1.165) is 30.2 Å². The fourth-order valence-corrected chi connectivity index (χ4v) is 3.69. The molecule has 0 aliphatic carbocycles. The lowest BCUT2D eigenvalue weighted by atomic mass is 10.0. The zero-order chi connectivity index (χ0) is 23.2. The summed E-state index contributed by atoms with van der Waals surface area (Å²) < 4.78 is 52.1. The van der Waals surface area contributed by atoms with E-state index in [9.17, 15) is 27.1 Å². The Morgan fingerprint density at radius 2 is 1.87 bits per heavy atom. The molecule has 0 fully saturated rings. The second kappa shape index (κ2) is 10.8. The standard InChI is InChI=1S/C18H23F2N5O4S2/c1-10(2)6-12(8-26)21-16-22-17(25-31(3,28)29)24-18(23-16)30-9-15(27)13-5-4-11(19)7-14(13)20/h4-5,7,10,12,26H,6,8-9H2,1-3H3,(H2,21,22,23,24,25)/t12-/m1/s1. The van der Waals surface area contributed by atoms with Crippen molar-refractivity contribution in [2.75, 3.05) is 28.7 Å². The first-order chi connectivity index (χ1) is 14.5. The number of carbonyl (C=O) groups excluding carboxylic acids is 1. The van der Waals surface area contributed by atoms with Crippen LogP contribution in [0.2, 0.25) is 0 Å². The summed E-state index contributed by atoms with van der Waals surface area (Å²) in [6.45, 7) is 3.73. The number of ketones is 1. The maximum atomic E-state index is 13.8. The summed E-state index contributed by atoms with van der Waals surface area (Å²) in [5, 5.41) is 12.5. The highest BCUT2D eigenvalue weighted by atomic mass is 32.2. The lowest BCUT2D eigenvalue weighted by molar-refractivity contribution is 0.101. The van der Waals surface area contributed by atoms with E-state index in [1.807, 2.05) is 13.8 Å². The van der Waals surface area contributed by atoms with E-state index < -0.39 is 27.4 Å². The van der Waals surface area contributed by atoms with Crippen LogP contribution < -0.4 is 10.0 Å². The maximum absolute atomic E-state index is 13.8. The summed E-state index contributed by atoms with van der Waals surface area (Å²) in [5.41, 5.74) is -0.284. The largest absolute Gasteiger partial charge is 0.394 e. The number of nitrogens with zero attached hydrogens (tertiary/aromatic N) is 3. The van der Waals surface area contributed by atoms with Crippen molar-refractivity contribution in [3.05, 3.63) is 35.4 Å². The molecule has 0 bridgehead atoms. The molecular formula is C18H23F2N5O4S2. The van der Waals surface area contributed by atoms with Gasteiger partial charge in [-0.15, -0.1) is 0 Å². The Morgan fingerprint density at radius 3 is 2.45 bits per heavy atom. The Labute approximate surface area is 183 Å². The summed E-state index contributed by atoms with van der Waals surface area (Å²) in [4.78, 5) is 24.4. The van der Waals surface area contributed by atoms with Gasteiger partial charge in [-0.3, -0.25) is 9.52 Å². The number of benzene rings is 1. The van der Waals surface area contributed by atoms with Crippen LogP contribution in [0.15, 0.2) is 23.4 Å². The first-order valence-electron chi connectivity index (χ1n) is 9.19. The van der Waals surface area contributed by atoms with Gasteiger partial charge in [-0.2, -0.15) is 15.0 Å². The molecule has 0 amide bonds. The molecule has 1 heterocycles. The van der Waals surface area contributed by atoms with Crippen LogP contribution in [0.25, 0.3) is 0 Å². The topological polar surface area (TPSA) is 134 Å². The molecular weight excluding hydrogens is 452 g/mol. The minimum absolute atomic E-state index is 0.000701. The zero-order valence-electron chi connectivity index (χ0n) is 17.1. The Kier molecular flexibility index (Phi) is 8.65. The molecule has 1 aromatic carbocycles. The van der Waals surface area contributed by atoms with E-state index in [1.54, 1.807) is 0 Å². The van der Waals surface area contributed by atoms with Gasteiger partial charge in [0.2, 0.25) is 21.9 Å². The summed E-state index contributed by atoms with van der Waals surface area (Å²) in [6.07, 6.45) is 1.52. The van der Waals surface area contributed by atoms with Gasteiger partial charge >= 0.3 is 0 Å². The van der Waals surface area contributed by atoms with Crippen LogP contribution in [0.4, 0.5) is 20.7 Å². The van der Waals surface area contributed by atoms with E-state index in [4.69, 9.17) is 0 Å². The predicted octanol–water partition coefficient (Wildman–Crippen LogP) is 2.32. The van der Waals surface area contributed by atoms with E-state index in [0.29, 0.717) is 12.5 Å². The minimum Gasteiger partial charge on any atom is -0.394 e. The van der Waals surface area contributed by atoms with Gasteiger partial charge in [0.15, 0.2) is 10.9 Å². The highest BCUT2D eigenvalue weighted by Gasteiger charge is 2.18. The number of Topliss-reactive ketones (excluding diaryl/α,β-unsaturated/α-hetero) is 1. The van der Waals surface area contributed by atoms with Gasteiger partial charge in [0, 0.05) is 6.07 Å². The number of sulfonamides is 1. The van der Waals surface area contributed by atoms with Crippen molar-refractivity contribution in [2.45, 2.75) is 31.5 Å². The molecule has 3 N–H and O–H groups in total. The Hall–Kier alpha value is -2.38. The number of halogens is 2. The van der Waals surface area contributed by atoms with Crippen molar-refractivity contribution in [1.29, 1.82) is 0 Å². The molecule has 0 aliphatic rings. The molecule has 9 nitrogen and oxygen atoms in total. The summed E-state index contributed by atoms with van der Waals surface area (Å²) in [6, 6.07) is 2.24. The molecule has 0 saturated heterocycles. The smallest absolute Gasteiger partial charge is 0.242 e. The van der Waals surface area contributed by atoms with Gasteiger partial charge in [0.25, 0.3) is 0 Å². The third-order valence-electron chi connectivity index (χ3n) is 3.77. The number of carbonyl (C=O) groups is 1. The number of nitrogens with one attached hydrogen (secondary N) is 2. The first kappa shape index (κ1) is 24.9. The number of aliphatic hydroxyl groups is 1. The van der Waals surface area contributed by atoms with Crippen molar-refractivity contribution < 1.29 is 27.1 Å². The van der Waals surface area contributed by atoms with Crippen LogP contribution in [-0.4, -0.2) is 58.9 Å². The number of hydrogen-bond donors (Lipinski definition) is 3. The predicted molar refractivity (Wildman–Crippen MR) is 114 cm³/mol. The van der Waals surface area contributed by atoms with Gasteiger partial charge in [0.1, 0.15) is 11.6 Å². The quantitative estimate of drug-likeness (QED) is 0.331. The lowest BCUT2D eigenvalue weighted by Gasteiger charge is -2.18. The SMILES string of the molecule is CC(C)C[C@H](CO)Nc1nc(NS(C)(=O)=O)nc(SCC(=O)c2ccc(F)cc2F)n1. The number of thioether (sulfide) groups is 1. The van der Waals surface area contributed by atoms with Crippen molar-refractivity contribution in [3.63, 3.8) is 0 Å². The number of aliphatic hydroxyl groups excluding tert-OH is 1. The lowest BCUT2D eigenvalue weighted by Crippen LogP contribution is -2.27. The van der Waals surface area contributed by atoms with E-state index >= 15 is 0 Å². The second-order valence-electron chi connectivity index (χ2n) is 7.13. The number of hydrogen-bond acceptors (Lipinski definition) is 9. The highest BCUT2D eigenvalue weighted by Crippen LogP contribution is 2.21. The molecule has 13 heteroatoms. The summed E-state index contributed by atoms with van der Waals surface area (Å²) >= 11 is 0.830. The Morgan fingerprint density at radius 1 is 1.19 bits per heavy atom. The molecule has 0 aliphatic heterocycles. The van der Waals surface area contributed by atoms with Crippen LogP contribution in [0.5, 0.6) is 0 Å². The number of anilines is 2. The summed E-state index contributed by atoms with van der Waals surface area (Å²) in [7, 11) is -3.69. The highest BCUT2D eigenvalue weighted by molar-refractivity contribution is 7.99. The van der Waals surface area contributed by atoms with Crippen LogP contribution in [0.3, 0.4) is 0 Å². The molecule has 2 aromatic rings. The van der Waals surface area contributed by atoms with Gasteiger partial charge in [-0.25, -0.2) is 17.2 Å². The average molecular weight is 476 g/mol.